The molecule has 1 aliphatic heterocycles. The van der Waals surface area contributed by atoms with Crippen LogP contribution in [0.1, 0.15) is 60.5 Å². The zero-order chi connectivity index (χ0) is 24.4. The first-order valence-corrected chi connectivity index (χ1v) is 12.2. The quantitative estimate of drug-likeness (QED) is 0.516. The summed E-state index contributed by atoms with van der Waals surface area (Å²) >= 11 is 5.94. The molecule has 8 nitrogen and oxygen atoms in total. The fraction of sp³-hybridized carbons (Fsp3) is 0.385. The van der Waals surface area contributed by atoms with Crippen molar-refractivity contribution in [1.29, 1.82) is 0 Å². The highest BCUT2D eigenvalue weighted by atomic mass is 35.5. The maximum Gasteiger partial charge on any atom is 0.270 e. The molecule has 0 unspecified atom stereocenters. The molecule has 9 heteroatoms. The van der Waals surface area contributed by atoms with Gasteiger partial charge in [-0.05, 0) is 30.5 Å². The van der Waals surface area contributed by atoms with Crippen molar-refractivity contribution in [2.75, 3.05) is 13.1 Å². The molecule has 3 heterocycles. The van der Waals surface area contributed by atoms with Gasteiger partial charge in [-0.3, -0.25) is 14.6 Å². The van der Waals surface area contributed by atoms with E-state index in [1.54, 1.807) is 37.5 Å². The van der Waals surface area contributed by atoms with Crippen molar-refractivity contribution in [2.24, 2.45) is 0 Å². The number of hydrogen-bond acceptors (Lipinski definition) is 6. The lowest BCUT2D eigenvalue weighted by molar-refractivity contribution is -0.130. The topological polar surface area (TPSA) is 97.6 Å². The number of carbonyl (C=O) groups is 2. The third-order valence-electron chi connectivity index (χ3n) is 6.36. The lowest BCUT2D eigenvalue weighted by Crippen LogP contribution is -2.40. The minimum Gasteiger partial charge on any atom is -0.489 e. The molecular formula is C26H27ClN4O4. The number of nitrogens with one attached hydrogen (secondary N) is 1. The molecule has 1 saturated carbocycles. The predicted molar refractivity (Wildman–Crippen MR) is 130 cm³/mol. The summed E-state index contributed by atoms with van der Waals surface area (Å²) in [4.78, 5) is 35.2. The van der Waals surface area contributed by atoms with E-state index >= 15 is 0 Å². The molecule has 182 valence electrons. The molecule has 1 saturated heterocycles. The van der Waals surface area contributed by atoms with Gasteiger partial charge in [0.15, 0.2) is 11.7 Å². The summed E-state index contributed by atoms with van der Waals surface area (Å²) in [7, 11) is 0. The average Bonchev–Trinajstić information content (AvgIpc) is 3.60. The van der Waals surface area contributed by atoms with Crippen molar-refractivity contribution >= 4 is 23.4 Å². The maximum atomic E-state index is 12.9. The van der Waals surface area contributed by atoms with E-state index in [9.17, 15) is 9.59 Å². The Kier molecular flexibility index (Phi) is 6.72. The van der Waals surface area contributed by atoms with E-state index in [2.05, 4.69) is 15.3 Å². The predicted octanol–water partition coefficient (Wildman–Crippen LogP) is 4.59. The summed E-state index contributed by atoms with van der Waals surface area (Å²) in [6.45, 7) is 3.22. The number of likely N-dealkylation sites (tertiary alicyclic amines) is 1. The van der Waals surface area contributed by atoms with E-state index in [4.69, 9.17) is 20.8 Å². The van der Waals surface area contributed by atoms with Crippen LogP contribution in [0.5, 0.6) is 5.75 Å². The number of nitrogens with zero attached hydrogens (tertiary/aromatic N) is 3. The van der Waals surface area contributed by atoms with Crippen LogP contribution >= 0.6 is 11.6 Å². The highest BCUT2D eigenvalue weighted by Crippen LogP contribution is 2.41. The second-order valence-corrected chi connectivity index (χ2v) is 9.47. The molecule has 2 aliphatic rings. The van der Waals surface area contributed by atoms with E-state index in [0.717, 1.165) is 24.3 Å². The molecule has 3 aromatic rings. The van der Waals surface area contributed by atoms with Crippen LogP contribution < -0.4 is 10.1 Å². The number of piperidine rings is 1. The molecular weight excluding hydrogens is 468 g/mol. The molecule has 0 atom stereocenters. The monoisotopic (exact) mass is 494 g/mol. The van der Waals surface area contributed by atoms with E-state index in [0.29, 0.717) is 60.5 Å². The number of carbonyl (C=O) groups excluding carboxylic acids is 2. The van der Waals surface area contributed by atoms with Crippen LogP contribution in [0.15, 0.2) is 47.1 Å². The third kappa shape index (κ3) is 5.65. The zero-order valence-electron chi connectivity index (χ0n) is 19.5. The molecule has 2 amide bonds. The molecule has 35 heavy (non-hydrogen) atoms. The van der Waals surface area contributed by atoms with Crippen molar-refractivity contribution in [3.8, 4) is 17.1 Å². The Morgan fingerprint density at radius 1 is 1.11 bits per heavy atom. The number of benzene rings is 1. The summed E-state index contributed by atoms with van der Waals surface area (Å²) < 4.78 is 12.4. The van der Waals surface area contributed by atoms with E-state index in [1.807, 2.05) is 17.0 Å². The van der Waals surface area contributed by atoms with Gasteiger partial charge < -0.3 is 19.4 Å². The highest BCUT2D eigenvalue weighted by Gasteiger charge is 2.30. The summed E-state index contributed by atoms with van der Waals surface area (Å²) in [5.74, 6) is 1.97. The van der Waals surface area contributed by atoms with Gasteiger partial charge in [-0.15, -0.1) is 0 Å². The van der Waals surface area contributed by atoms with Crippen molar-refractivity contribution in [2.45, 2.75) is 51.2 Å². The van der Waals surface area contributed by atoms with E-state index in [1.165, 1.54) is 0 Å². The van der Waals surface area contributed by atoms with Crippen LogP contribution in [-0.4, -0.2) is 45.9 Å². The van der Waals surface area contributed by atoms with Crippen molar-refractivity contribution in [1.82, 2.24) is 20.2 Å². The van der Waals surface area contributed by atoms with Crippen LogP contribution in [0.3, 0.4) is 0 Å². The maximum absolute atomic E-state index is 12.9. The second kappa shape index (κ2) is 10.1. The van der Waals surface area contributed by atoms with Gasteiger partial charge in [-0.2, -0.15) is 0 Å². The Morgan fingerprint density at radius 2 is 1.86 bits per heavy atom. The van der Waals surface area contributed by atoms with Gasteiger partial charge in [0.05, 0.1) is 11.8 Å². The number of rotatable bonds is 7. The SMILES string of the molecule is CC(=O)N1CCC(Oc2cc(C(=O)NCc3ccc(Cl)cc3)ncc2-c2cnc(C3CC3)o2)CC1. The van der Waals surface area contributed by atoms with Crippen molar-refractivity contribution < 1.29 is 18.7 Å². The van der Waals surface area contributed by atoms with E-state index < -0.39 is 0 Å². The lowest BCUT2D eigenvalue weighted by atomic mass is 10.1. The van der Waals surface area contributed by atoms with Crippen molar-refractivity contribution in [3.05, 3.63) is 64.9 Å². The fourth-order valence-corrected chi connectivity index (χ4v) is 4.24. The molecule has 2 aromatic heterocycles. The number of halogens is 1. The smallest absolute Gasteiger partial charge is 0.270 e. The number of ether oxygens (including phenoxy) is 1. The number of oxazole rings is 1. The molecule has 0 bridgehead atoms. The summed E-state index contributed by atoms with van der Waals surface area (Å²) in [6, 6.07) is 8.95. The number of hydrogen-bond donors (Lipinski definition) is 1. The second-order valence-electron chi connectivity index (χ2n) is 9.04. The van der Waals surface area contributed by atoms with Crippen LogP contribution in [0.4, 0.5) is 0 Å². The Morgan fingerprint density at radius 3 is 2.54 bits per heavy atom. The van der Waals surface area contributed by atoms with Gasteiger partial charge in [0.2, 0.25) is 5.91 Å². The molecule has 1 aromatic carbocycles. The minimum absolute atomic E-state index is 0.0713. The fourth-order valence-electron chi connectivity index (χ4n) is 4.12. The molecule has 1 aliphatic carbocycles. The molecule has 0 radical (unpaired) electrons. The van der Waals surface area contributed by atoms with Crippen molar-refractivity contribution in [3.63, 3.8) is 0 Å². The van der Waals surface area contributed by atoms with Crippen LogP contribution in [0, 0.1) is 0 Å². The molecule has 0 spiro atoms. The largest absolute Gasteiger partial charge is 0.489 e. The van der Waals surface area contributed by atoms with Crippen LogP contribution in [0.25, 0.3) is 11.3 Å². The highest BCUT2D eigenvalue weighted by molar-refractivity contribution is 6.30. The average molecular weight is 495 g/mol. The van der Waals surface area contributed by atoms with Gasteiger partial charge in [0.25, 0.3) is 5.91 Å². The van der Waals surface area contributed by atoms with Gasteiger partial charge in [0, 0.05) is 62.6 Å². The summed E-state index contributed by atoms with van der Waals surface area (Å²) in [6.07, 6.45) is 6.81. The summed E-state index contributed by atoms with van der Waals surface area (Å²) in [5.41, 5.74) is 1.84. The van der Waals surface area contributed by atoms with E-state index in [-0.39, 0.29) is 23.6 Å². The third-order valence-corrected chi connectivity index (χ3v) is 6.61. The van der Waals surface area contributed by atoms with Crippen LogP contribution in [0.2, 0.25) is 5.02 Å². The van der Waals surface area contributed by atoms with Gasteiger partial charge >= 0.3 is 0 Å². The first kappa shape index (κ1) is 23.4. The van der Waals surface area contributed by atoms with Gasteiger partial charge in [-0.1, -0.05) is 23.7 Å². The zero-order valence-corrected chi connectivity index (χ0v) is 20.3. The number of pyridine rings is 1. The molecule has 2 fully saturated rings. The number of amides is 2. The lowest BCUT2D eigenvalue weighted by Gasteiger charge is -2.31. The van der Waals surface area contributed by atoms with Gasteiger partial charge in [0.1, 0.15) is 17.5 Å². The molecule has 1 N–H and O–H groups in total. The minimum atomic E-state index is -0.306. The first-order chi connectivity index (χ1) is 17.0. The van der Waals surface area contributed by atoms with Crippen LogP contribution in [-0.2, 0) is 11.3 Å². The number of aromatic nitrogens is 2. The Labute approximate surface area is 208 Å². The Hall–Kier alpha value is -3.39. The van der Waals surface area contributed by atoms with Gasteiger partial charge in [-0.25, -0.2) is 4.98 Å². The Balaban J connectivity index is 1.35. The first-order valence-electron chi connectivity index (χ1n) is 11.9. The standard InChI is InChI=1S/C26H27ClN4O4/c1-16(32)31-10-8-20(9-11-31)34-23-12-22(25(33)29-13-17-2-6-19(27)7-3-17)28-14-21(23)24-15-30-26(35-24)18-4-5-18/h2-3,6-7,12,14-15,18,20H,4-5,8-11,13H2,1H3,(H,29,33). The molecule has 5 rings (SSSR count). The Bertz CT molecular complexity index is 1210. The normalized spacial score (nSPS) is 16.2. The summed E-state index contributed by atoms with van der Waals surface area (Å²) in [5, 5.41) is 3.53.